The maximum atomic E-state index is 11.6. The van der Waals surface area contributed by atoms with Crippen molar-refractivity contribution in [2.45, 2.75) is 36.7 Å². The van der Waals surface area contributed by atoms with Crippen molar-refractivity contribution in [3.8, 4) is 0 Å². The number of hydrogen-bond donors (Lipinski definition) is 3. The minimum absolute atomic E-state index is 0.162. The van der Waals surface area contributed by atoms with Crippen LogP contribution in [0, 0.1) is 5.92 Å². The van der Waals surface area contributed by atoms with Crippen LogP contribution in [0.3, 0.4) is 0 Å². The van der Waals surface area contributed by atoms with Gasteiger partial charge in [0.05, 0.1) is 22.4 Å². The minimum Gasteiger partial charge on any atom is -0.396 e. The molecule has 6 heteroatoms. The molecule has 0 heterocycles. The highest BCUT2D eigenvalue weighted by atomic mass is 32.2. The third-order valence-electron chi connectivity index (χ3n) is 3.86. The van der Waals surface area contributed by atoms with Gasteiger partial charge in [0.25, 0.3) is 0 Å². The van der Waals surface area contributed by atoms with Crippen LogP contribution in [0.4, 0.5) is 11.4 Å². The number of aliphatic hydroxyl groups excluding tert-OH is 1. The summed E-state index contributed by atoms with van der Waals surface area (Å²) < 4.78 is 23.2. The molecule has 0 aromatic heterocycles. The highest BCUT2D eigenvalue weighted by Crippen LogP contribution is 2.29. The molecule has 0 aliphatic heterocycles. The summed E-state index contributed by atoms with van der Waals surface area (Å²) in [5.41, 5.74) is 6.87. The molecule has 20 heavy (non-hydrogen) atoms. The lowest BCUT2D eigenvalue weighted by molar-refractivity contribution is 0.111. The van der Waals surface area contributed by atoms with E-state index in [0.717, 1.165) is 38.5 Å². The second-order valence-electron chi connectivity index (χ2n) is 5.55. The highest BCUT2D eigenvalue weighted by molar-refractivity contribution is 7.90. The fraction of sp³-hybridized carbons (Fsp3) is 0.571. The van der Waals surface area contributed by atoms with E-state index >= 15 is 0 Å². The number of benzene rings is 1. The zero-order valence-electron chi connectivity index (χ0n) is 11.7. The Labute approximate surface area is 120 Å². The number of hydrogen-bond acceptors (Lipinski definition) is 5. The van der Waals surface area contributed by atoms with Crippen molar-refractivity contribution in [3.63, 3.8) is 0 Å². The Bertz CT molecular complexity index is 564. The fourth-order valence-corrected chi connectivity index (χ4v) is 3.46. The van der Waals surface area contributed by atoms with Crippen molar-refractivity contribution in [1.82, 2.24) is 0 Å². The predicted octanol–water partition coefficient (Wildman–Crippen LogP) is 1.64. The first-order valence-corrected chi connectivity index (χ1v) is 8.77. The molecule has 0 spiro atoms. The van der Waals surface area contributed by atoms with E-state index in [2.05, 4.69) is 5.32 Å². The topological polar surface area (TPSA) is 92.4 Å². The van der Waals surface area contributed by atoms with Crippen LogP contribution in [0.5, 0.6) is 0 Å². The van der Waals surface area contributed by atoms with Crippen molar-refractivity contribution < 1.29 is 13.5 Å². The number of anilines is 2. The molecule has 0 unspecified atom stereocenters. The van der Waals surface area contributed by atoms with Crippen LogP contribution in [0.15, 0.2) is 23.1 Å². The molecule has 0 radical (unpaired) electrons. The molecule has 2 rings (SSSR count). The van der Waals surface area contributed by atoms with Crippen LogP contribution in [-0.2, 0) is 9.84 Å². The van der Waals surface area contributed by atoms with E-state index in [4.69, 9.17) is 5.73 Å². The number of aliphatic hydroxyl groups is 1. The van der Waals surface area contributed by atoms with E-state index in [0.29, 0.717) is 11.6 Å². The largest absolute Gasteiger partial charge is 0.396 e. The molecule has 1 fully saturated rings. The first-order valence-electron chi connectivity index (χ1n) is 6.88. The van der Waals surface area contributed by atoms with Crippen LogP contribution in [0.1, 0.15) is 25.7 Å². The third-order valence-corrected chi connectivity index (χ3v) is 5.02. The summed E-state index contributed by atoms with van der Waals surface area (Å²) in [4.78, 5) is 0.168. The smallest absolute Gasteiger partial charge is 0.177 e. The third kappa shape index (κ3) is 3.64. The van der Waals surface area contributed by atoms with Gasteiger partial charge in [-0.25, -0.2) is 8.42 Å². The summed E-state index contributed by atoms with van der Waals surface area (Å²) in [6.45, 7) is 0.754. The van der Waals surface area contributed by atoms with Gasteiger partial charge in [0.15, 0.2) is 9.84 Å². The maximum Gasteiger partial charge on any atom is 0.177 e. The van der Waals surface area contributed by atoms with E-state index in [1.807, 2.05) is 0 Å². The van der Waals surface area contributed by atoms with Gasteiger partial charge in [-0.3, -0.25) is 0 Å². The van der Waals surface area contributed by atoms with Gasteiger partial charge in [-0.2, -0.15) is 0 Å². The molecule has 0 bridgehead atoms. The molecular weight excluding hydrogens is 276 g/mol. The monoisotopic (exact) mass is 298 g/mol. The van der Waals surface area contributed by atoms with Gasteiger partial charge >= 0.3 is 0 Å². The number of nitrogen functional groups attached to an aromatic ring is 1. The second-order valence-corrected chi connectivity index (χ2v) is 7.53. The van der Waals surface area contributed by atoms with Gasteiger partial charge in [-0.15, -0.1) is 0 Å². The van der Waals surface area contributed by atoms with Crippen molar-refractivity contribution >= 4 is 21.2 Å². The Kier molecular flexibility index (Phi) is 4.55. The Balaban J connectivity index is 2.03. The fourth-order valence-electron chi connectivity index (χ4n) is 2.62. The van der Waals surface area contributed by atoms with Gasteiger partial charge < -0.3 is 16.2 Å². The minimum atomic E-state index is -3.30. The Morgan fingerprint density at radius 1 is 1.30 bits per heavy atom. The molecule has 1 aromatic carbocycles. The molecule has 1 aliphatic carbocycles. The quantitative estimate of drug-likeness (QED) is 0.735. The van der Waals surface area contributed by atoms with Crippen molar-refractivity contribution in [3.05, 3.63) is 18.2 Å². The molecular formula is C14H22N2O3S. The molecule has 112 valence electrons. The number of sulfone groups is 1. The average molecular weight is 298 g/mol. The molecule has 0 amide bonds. The summed E-state index contributed by atoms with van der Waals surface area (Å²) in [6, 6.07) is 5.01. The molecule has 4 N–H and O–H groups in total. The van der Waals surface area contributed by atoms with Crippen molar-refractivity contribution in [1.29, 1.82) is 0 Å². The number of nitrogens with one attached hydrogen (secondary N) is 1. The van der Waals surface area contributed by atoms with E-state index in [1.54, 1.807) is 12.1 Å². The molecule has 1 saturated carbocycles. The summed E-state index contributed by atoms with van der Waals surface area (Å²) in [7, 11) is -3.30. The van der Waals surface area contributed by atoms with E-state index in [1.165, 1.54) is 6.07 Å². The van der Waals surface area contributed by atoms with Gasteiger partial charge in [-0.05, 0) is 43.7 Å². The summed E-state index contributed by atoms with van der Waals surface area (Å²) in [6.07, 6.45) is 4.64. The van der Waals surface area contributed by atoms with Crippen LogP contribution in [0.2, 0.25) is 0 Å². The second kappa shape index (κ2) is 6.01. The van der Waals surface area contributed by atoms with Gasteiger partial charge in [0.2, 0.25) is 0 Å². The van der Waals surface area contributed by atoms with Crippen LogP contribution >= 0.6 is 0 Å². The highest BCUT2D eigenvalue weighted by Gasteiger charge is 2.20. The average Bonchev–Trinajstić information content (AvgIpc) is 2.38. The Morgan fingerprint density at radius 2 is 1.95 bits per heavy atom. The lowest BCUT2D eigenvalue weighted by atomic mass is 9.87. The lowest BCUT2D eigenvalue weighted by Gasteiger charge is -2.26. The molecule has 0 saturated heterocycles. The molecule has 1 aliphatic rings. The van der Waals surface area contributed by atoms with Crippen molar-refractivity contribution in [2.75, 3.05) is 23.9 Å². The first-order chi connectivity index (χ1) is 9.38. The zero-order valence-corrected chi connectivity index (χ0v) is 12.5. The van der Waals surface area contributed by atoms with Crippen LogP contribution in [0.25, 0.3) is 0 Å². The molecule has 1 aromatic rings. The van der Waals surface area contributed by atoms with E-state index < -0.39 is 9.84 Å². The Hall–Kier alpha value is -1.27. The van der Waals surface area contributed by atoms with Crippen LogP contribution < -0.4 is 11.1 Å². The molecule has 5 nitrogen and oxygen atoms in total. The number of rotatable bonds is 4. The van der Waals surface area contributed by atoms with Gasteiger partial charge in [0, 0.05) is 12.8 Å². The lowest BCUT2D eigenvalue weighted by Crippen LogP contribution is -2.23. The zero-order chi connectivity index (χ0) is 14.8. The van der Waals surface area contributed by atoms with E-state index in [-0.39, 0.29) is 16.7 Å². The van der Waals surface area contributed by atoms with E-state index in [9.17, 15) is 13.5 Å². The van der Waals surface area contributed by atoms with Gasteiger partial charge in [-0.1, -0.05) is 6.07 Å². The summed E-state index contributed by atoms with van der Waals surface area (Å²) >= 11 is 0. The number of para-hydroxylation sites is 1. The molecule has 0 atom stereocenters. The number of nitrogens with two attached hydrogens (primary N) is 1. The van der Waals surface area contributed by atoms with Crippen LogP contribution in [-0.4, -0.2) is 32.4 Å². The van der Waals surface area contributed by atoms with Gasteiger partial charge in [0.1, 0.15) is 0 Å². The Morgan fingerprint density at radius 3 is 2.55 bits per heavy atom. The SMILES string of the molecule is CS(=O)(=O)c1cccc(NCC2CCC(O)CC2)c1N. The van der Waals surface area contributed by atoms with Crippen molar-refractivity contribution in [2.24, 2.45) is 5.92 Å². The standard InChI is InChI=1S/C14H22N2O3S/c1-20(18,19)13-4-2-3-12(14(13)15)16-9-10-5-7-11(17)8-6-10/h2-4,10-11,16-17H,5-9,15H2,1H3. The normalized spacial score (nSPS) is 23.5. The predicted molar refractivity (Wildman–Crippen MR) is 80.4 cm³/mol. The first kappa shape index (κ1) is 15.1. The summed E-state index contributed by atoms with van der Waals surface area (Å²) in [5, 5.41) is 12.7. The maximum absolute atomic E-state index is 11.6. The summed E-state index contributed by atoms with van der Waals surface area (Å²) in [5.74, 6) is 0.500.